The van der Waals surface area contributed by atoms with Gasteiger partial charge in [-0.3, -0.25) is 0 Å². The van der Waals surface area contributed by atoms with Gasteiger partial charge in [-0.1, -0.05) is 18.6 Å². The molecule has 0 heterocycles. The van der Waals surface area contributed by atoms with Crippen molar-refractivity contribution in [2.45, 2.75) is 37.8 Å². The van der Waals surface area contributed by atoms with Crippen LogP contribution in [0.4, 0.5) is 4.39 Å². The van der Waals surface area contributed by atoms with Gasteiger partial charge in [0.2, 0.25) is 0 Å². The van der Waals surface area contributed by atoms with Crippen LogP contribution in [-0.4, -0.2) is 13.3 Å². The molecule has 1 aliphatic rings. The molecular formula is C13H17FO. The molecule has 1 unspecified atom stereocenters. The quantitative estimate of drug-likeness (QED) is 0.739. The fourth-order valence-electron chi connectivity index (χ4n) is 2.41. The molecule has 1 fully saturated rings. The van der Waals surface area contributed by atoms with Gasteiger partial charge in [-0.2, -0.15) is 0 Å². The van der Waals surface area contributed by atoms with Crippen molar-refractivity contribution < 1.29 is 9.13 Å². The lowest BCUT2D eigenvalue weighted by Gasteiger charge is -2.43. The highest BCUT2D eigenvalue weighted by atomic mass is 19.1. The Morgan fingerprint density at radius 2 is 2.13 bits per heavy atom. The van der Waals surface area contributed by atoms with Crippen molar-refractivity contribution >= 4 is 0 Å². The monoisotopic (exact) mass is 208 g/mol. The van der Waals surface area contributed by atoms with E-state index in [1.54, 1.807) is 14.0 Å². The minimum absolute atomic E-state index is 0.242. The molecule has 1 saturated carbocycles. The summed E-state index contributed by atoms with van der Waals surface area (Å²) in [5.74, 6) is 0.819. The Bertz CT molecular complexity index is 342. The van der Waals surface area contributed by atoms with Crippen LogP contribution in [0.5, 0.6) is 5.75 Å². The van der Waals surface area contributed by atoms with E-state index in [1.807, 2.05) is 24.3 Å². The van der Waals surface area contributed by atoms with Gasteiger partial charge in [-0.15, -0.1) is 0 Å². The first-order valence-electron chi connectivity index (χ1n) is 5.48. The smallest absolute Gasteiger partial charge is 0.119 e. The van der Waals surface area contributed by atoms with Gasteiger partial charge >= 0.3 is 0 Å². The van der Waals surface area contributed by atoms with Crippen LogP contribution in [0.25, 0.3) is 0 Å². The standard InChI is InChI=1S/C13H17FO/c1-10(14)13(7-4-8-13)11-5-3-6-12(9-11)15-2/h3,5-6,9-10H,4,7-8H2,1-2H3. The van der Waals surface area contributed by atoms with Gasteiger partial charge in [-0.05, 0) is 37.5 Å². The van der Waals surface area contributed by atoms with Crippen molar-refractivity contribution in [2.75, 3.05) is 7.11 Å². The molecule has 0 aromatic heterocycles. The number of ether oxygens (including phenoxy) is 1. The van der Waals surface area contributed by atoms with E-state index in [1.165, 1.54) is 0 Å². The van der Waals surface area contributed by atoms with E-state index in [-0.39, 0.29) is 5.41 Å². The normalized spacial score (nSPS) is 20.5. The average Bonchev–Trinajstić information content (AvgIpc) is 2.16. The number of alkyl halides is 1. The van der Waals surface area contributed by atoms with E-state index < -0.39 is 6.17 Å². The number of hydrogen-bond donors (Lipinski definition) is 0. The summed E-state index contributed by atoms with van der Waals surface area (Å²) < 4.78 is 18.9. The maximum atomic E-state index is 13.7. The molecule has 1 aromatic carbocycles. The van der Waals surface area contributed by atoms with Gasteiger partial charge in [0, 0.05) is 5.41 Å². The fourth-order valence-corrected chi connectivity index (χ4v) is 2.41. The summed E-state index contributed by atoms with van der Waals surface area (Å²) in [6.45, 7) is 1.67. The van der Waals surface area contributed by atoms with Crippen LogP contribution in [0.15, 0.2) is 24.3 Å². The molecule has 0 bridgehead atoms. The zero-order valence-electron chi connectivity index (χ0n) is 9.29. The van der Waals surface area contributed by atoms with E-state index in [0.717, 1.165) is 30.6 Å². The van der Waals surface area contributed by atoms with Crippen LogP contribution in [0.1, 0.15) is 31.7 Å². The molecule has 0 aliphatic heterocycles. The lowest BCUT2D eigenvalue weighted by Crippen LogP contribution is -2.41. The first-order valence-corrected chi connectivity index (χ1v) is 5.48. The molecule has 1 atom stereocenters. The summed E-state index contributed by atoms with van der Waals surface area (Å²) in [6, 6.07) is 7.82. The summed E-state index contributed by atoms with van der Waals surface area (Å²) in [7, 11) is 1.64. The zero-order valence-corrected chi connectivity index (χ0v) is 9.29. The first kappa shape index (κ1) is 10.5. The SMILES string of the molecule is COc1cccc(C2(C(C)F)CCC2)c1. The van der Waals surface area contributed by atoms with Gasteiger partial charge < -0.3 is 4.74 Å². The molecule has 0 N–H and O–H groups in total. The molecule has 82 valence electrons. The second-order valence-corrected chi connectivity index (χ2v) is 4.36. The minimum Gasteiger partial charge on any atom is -0.497 e. The third kappa shape index (κ3) is 1.62. The first-order chi connectivity index (χ1) is 7.19. The zero-order chi connectivity index (χ0) is 10.9. The van der Waals surface area contributed by atoms with Gasteiger partial charge in [0.1, 0.15) is 11.9 Å². The van der Waals surface area contributed by atoms with E-state index in [4.69, 9.17) is 4.74 Å². The van der Waals surface area contributed by atoms with Crippen molar-refractivity contribution in [3.8, 4) is 5.75 Å². The summed E-state index contributed by atoms with van der Waals surface area (Å²) in [5, 5.41) is 0. The Morgan fingerprint density at radius 3 is 2.60 bits per heavy atom. The Hall–Kier alpha value is -1.05. The van der Waals surface area contributed by atoms with E-state index in [0.29, 0.717) is 0 Å². The van der Waals surface area contributed by atoms with Crippen LogP contribution in [0.3, 0.4) is 0 Å². The Balaban J connectivity index is 2.34. The molecule has 15 heavy (non-hydrogen) atoms. The molecule has 0 spiro atoms. The molecule has 1 aromatic rings. The second kappa shape index (κ2) is 3.84. The summed E-state index contributed by atoms with van der Waals surface area (Å²) >= 11 is 0. The topological polar surface area (TPSA) is 9.23 Å². The highest BCUT2D eigenvalue weighted by molar-refractivity contribution is 5.36. The molecule has 0 saturated heterocycles. The van der Waals surface area contributed by atoms with Gasteiger partial charge in [0.25, 0.3) is 0 Å². The van der Waals surface area contributed by atoms with Crippen molar-refractivity contribution in [3.05, 3.63) is 29.8 Å². The van der Waals surface area contributed by atoms with Crippen LogP contribution < -0.4 is 4.74 Å². The Kier molecular flexibility index (Phi) is 2.68. The van der Waals surface area contributed by atoms with Crippen molar-refractivity contribution in [1.29, 1.82) is 0 Å². The number of rotatable bonds is 3. The Labute approximate surface area is 90.3 Å². The lowest BCUT2D eigenvalue weighted by atomic mass is 9.62. The van der Waals surface area contributed by atoms with Crippen LogP contribution >= 0.6 is 0 Å². The highest BCUT2D eigenvalue weighted by Gasteiger charge is 2.43. The van der Waals surface area contributed by atoms with E-state index in [2.05, 4.69) is 0 Å². The van der Waals surface area contributed by atoms with E-state index in [9.17, 15) is 4.39 Å². The third-order valence-corrected chi connectivity index (χ3v) is 3.65. The van der Waals surface area contributed by atoms with Gasteiger partial charge in [0.15, 0.2) is 0 Å². The van der Waals surface area contributed by atoms with Crippen LogP contribution in [0, 0.1) is 0 Å². The maximum absolute atomic E-state index is 13.7. The molecule has 1 aliphatic carbocycles. The summed E-state index contributed by atoms with van der Waals surface area (Å²) in [5.41, 5.74) is 0.845. The average molecular weight is 208 g/mol. The largest absolute Gasteiger partial charge is 0.497 e. The predicted molar refractivity (Wildman–Crippen MR) is 59.1 cm³/mol. The minimum atomic E-state index is -0.779. The highest BCUT2D eigenvalue weighted by Crippen LogP contribution is 2.48. The molecule has 2 rings (SSSR count). The number of benzene rings is 1. The van der Waals surface area contributed by atoms with Crippen LogP contribution in [0.2, 0.25) is 0 Å². The number of hydrogen-bond acceptors (Lipinski definition) is 1. The third-order valence-electron chi connectivity index (χ3n) is 3.65. The molecule has 1 nitrogen and oxygen atoms in total. The maximum Gasteiger partial charge on any atom is 0.119 e. The Morgan fingerprint density at radius 1 is 1.40 bits per heavy atom. The summed E-state index contributed by atoms with van der Waals surface area (Å²) in [6.07, 6.45) is 2.26. The van der Waals surface area contributed by atoms with Gasteiger partial charge in [-0.25, -0.2) is 4.39 Å². The van der Waals surface area contributed by atoms with Crippen molar-refractivity contribution in [1.82, 2.24) is 0 Å². The van der Waals surface area contributed by atoms with Crippen molar-refractivity contribution in [2.24, 2.45) is 0 Å². The second-order valence-electron chi connectivity index (χ2n) is 4.36. The summed E-state index contributed by atoms with van der Waals surface area (Å²) in [4.78, 5) is 0. The molecule has 2 heteroatoms. The van der Waals surface area contributed by atoms with Gasteiger partial charge in [0.05, 0.1) is 7.11 Å². The number of methoxy groups -OCH3 is 1. The lowest BCUT2D eigenvalue weighted by molar-refractivity contribution is 0.114. The molecule has 0 amide bonds. The van der Waals surface area contributed by atoms with Crippen LogP contribution in [-0.2, 0) is 5.41 Å². The van der Waals surface area contributed by atoms with Crippen molar-refractivity contribution in [3.63, 3.8) is 0 Å². The number of halogens is 1. The molecular weight excluding hydrogens is 191 g/mol. The predicted octanol–water partition coefficient (Wildman–Crippen LogP) is 3.47. The fraction of sp³-hybridized carbons (Fsp3) is 0.538. The van der Waals surface area contributed by atoms with E-state index >= 15 is 0 Å². The molecule has 0 radical (unpaired) electrons.